The van der Waals surface area contributed by atoms with Crippen LogP contribution in [0.5, 0.6) is 0 Å². The molecule has 1 rings (SSSR count). The van der Waals surface area contributed by atoms with E-state index < -0.39 is 0 Å². The quantitative estimate of drug-likeness (QED) is 0.829. The molecule has 0 aliphatic rings. The van der Waals surface area contributed by atoms with Crippen molar-refractivity contribution in [3.8, 4) is 0 Å². The van der Waals surface area contributed by atoms with E-state index in [0.717, 1.165) is 24.3 Å². The van der Waals surface area contributed by atoms with Crippen molar-refractivity contribution in [2.75, 3.05) is 18.4 Å². The third-order valence-corrected chi connectivity index (χ3v) is 2.97. The summed E-state index contributed by atoms with van der Waals surface area (Å²) >= 11 is 3.19. The predicted octanol–water partition coefficient (Wildman–Crippen LogP) is 3.70. The molecule has 0 aliphatic heterocycles. The van der Waals surface area contributed by atoms with Crippen LogP contribution in [0.3, 0.4) is 0 Å². The number of hydrogen-bond acceptors (Lipinski definition) is 2. The molecule has 0 saturated heterocycles. The second-order valence-electron chi connectivity index (χ2n) is 5.18. The first-order chi connectivity index (χ1) is 7.79. The van der Waals surface area contributed by atoms with Gasteiger partial charge in [0, 0.05) is 24.3 Å². The molecular formula is C13H20BrFN2. The van der Waals surface area contributed by atoms with E-state index in [4.69, 9.17) is 0 Å². The number of hydrogen-bond donors (Lipinski definition) is 2. The fraction of sp³-hybridized carbons (Fsp3) is 0.538. The first-order valence-electron chi connectivity index (χ1n) is 5.74. The van der Waals surface area contributed by atoms with E-state index in [9.17, 15) is 4.39 Å². The maximum absolute atomic E-state index is 13.2. The van der Waals surface area contributed by atoms with E-state index in [0.29, 0.717) is 4.47 Å². The molecule has 0 unspecified atom stereocenters. The highest BCUT2D eigenvalue weighted by Gasteiger charge is 2.08. The minimum atomic E-state index is -0.221. The molecule has 96 valence electrons. The summed E-state index contributed by atoms with van der Waals surface area (Å²) in [6.07, 6.45) is 0. The molecule has 0 radical (unpaired) electrons. The van der Waals surface area contributed by atoms with Crippen LogP contribution < -0.4 is 10.6 Å². The van der Waals surface area contributed by atoms with E-state index in [-0.39, 0.29) is 11.4 Å². The Kier molecular flexibility index (Phi) is 4.95. The highest BCUT2D eigenvalue weighted by atomic mass is 79.9. The van der Waals surface area contributed by atoms with E-state index in [1.165, 1.54) is 6.07 Å². The van der Waals surface area contributed by atoms with Crippen LogP contribution in [0.25, 0.3) is 0 Å². The Morgan fingerprint density at radius 2 is 1.88 bits per heavy atom. The van der Waals surface area contributed by atoms with Gasteiger partial charge in [-0.3, -0.25) is 0 Å². The van der Waals surface area contributed by atoms with Crippen LogP contribution in [0.4, 0.5) is 10.1 Å². The average Bonchev–Trinajstić information content (AvgIpc) is 2.18. The Labute approximate surface area is 111 Å². The molecule has 0 spiro atoms. The number of benzene rings is 1. The van der Waals surface area contributed by atoms with Gasteiger partial charge in [0.25, 0.3) is 0 Å². The molecule has 0 amide bonds. The number of anilines is 1. The van der Waals surface area contributed by atoms with Gasteiger partial charge in [-0.1, -0.05) is 0 Å². The van der Waals surface area contributed by atoms with Crippen LogP contribution in [-0.2, 0) is 0 Å². The van der Waals surface area contributed by atoms with Crippen molar-refractivity contribution in [2.24, 2.45) is 0 Å². The molecule has 1 aromatic rings. The van der Waals surface area contributed by atoms with Gasteiger partial charge < -0.3 is 10.6 Å². The number of aryl methyl sites for hydroxylation is 1. The van der Waals surface area contributed by atoms with Crippen molar-refractivity contribution in [1.82, 2.24) is 5.32 Å². The maximum Gasteiger partial charge on any atom is 0.137 e. The van der Waals surface area contributed by atoms with Gasteiger partial charge in [0.05, 0.1) is 4.47 Å². The van der Waals surface area contributed by atoms with Crippen LogP contribution in [0.1, 0.15) is 26.3 Å². The predicted molar refractivity (Wildman–Crippen MR) is 75.1 cm³/mol. The molecule has 0 fully saturated rings. The lowest BCUT2D eigenvalue weighted by Crippen LogP contribution is -2.38. The van der Waals surface area contributed by atoms with E-state index in [2.05, 4.69) is 47.3 Å². The van der Waals surface area contributed by atoms with Gasteiger partial charge in [-0.25, -0.2) is 4.39 Å². The van der Waals surface area contributed by atoms with E-state index >= 15 is 0 Å². The molecule has 17 heavy (non-hydrogen) atoms. The van der Waals surface area contributed by atoms with Gasteiger partial charge in [-0.05, 0) is 61.3 Å². The van der Waals surface area contributed by atoms with Crippen molar-refractivity contribution >= 4 is 21.6 Å². The van der Waals surface area contributed by atoms with Crippen LogP contribution in [0.15, 0.2) is 16.6 Å². The molecule has 1 aromatic carbocycles. The highest BCUT2D eigenvalue weighted by Crippen LogP contribution is 2.23. The zero-order chi connectivity index (χ0) is 13.1. The Hall–Kier alpha value is -0.610. The topological polar surface area (TPSA) is 24.1 Å². The smallest absolute Gasteiger partial charge is 0.137 e. The number of halogens is 2. The second-order valence-corrected chi connectivity index (χ2v) is 6.04. The first kappa shape index (κ1) is 14.5. The largest absolute Gasteiger partial charge is 0.384 e. The van der Waals surface area contributed by atoms with E-state index in [1.54, 1.807) is 6.07 Å². The molecule has 4 heteroatoms. The van der Waals surface area contributed by atoms with Crippen molar-refractivity contribution < 1.29 is 4.39 Å². The van der Waals surface area contributed by atoms with Crippen molar-refractivity contribution in [2.45, 2.75) is 33.2 Å². The summed E-state index contributed by atoms with van der Waals surface area (Å²) in [5, 5.41) is 6.68. The van der Waals surface area contributed by atoms with Gasteiger partial charge in [-0.15, -0.1) is 0 Å². The lowest BCUT2D eigenvalue weighted by Gasteiger charge is -2.21. The Balaban J connectivity index is 2.50. The summed E-state index contributed by atoms with van der Waals surface area (Å²) in [4.78, 5) is 0. The minimum Gasteiger partial charge on any atom is -0.384 e. The summed E-state index contributed by atoms with van der Waals surface area (Å²) in [5.41, 5.74) is 2.01. The molecule has 2 nitrogen and oxygen atoms in total. The summed E-state index contributed by atoms with van der Waals surface area (Å²) in [6, 6.07) is 3.31. The van der Waals surface area contributed by atoms with Crippen molar-refractivity contribution in [3.05, 3.63) is 28.0 Å². The second kappa shape index (κ2) is 5.83. The zero-order valence-corrected chi connectivity index (χ0v) is 12.4. The van der Waals surface area contributed by atoms with Crippen LogP contribution in [0, 0.1) is 12.7 Å². The number of nitrogens with one attached hydrogen (secondary N) is 2. The molecular weight excluding hydrogens is 283 g/mol. The molecule has 0 aromatic heterocycles. The summed E-state index contributed by atoms with van der Waals surface area (Å²) in [5.74, 6) is -0.221. The number of rotatable bonds is 4. The Morgan fingerprint density at radius 3 is 2.47 bits per heavy atom. The summed E-state index contributed by atoms with van der Waals surface area (Å²) < 4.78 is 13.7. The SMILES string of the molecule is Cc1cc(F)c(Br)cc1NCCNC(C)(C)C. The highest BCUT2D eigenvalue weighted by molar-refractivity contribution is 9.10. The normalized spacial score (nSPS) is 11.6. The zero-order valence-electron chi connectivity index (χ0n) is 10.8. The monoisotopic (exact) mass is 302 g/mol. The van der Waals surface area contributed by atoms with Gasteiger partial charge in [-0.2, -0.15) is 0 Å². The van der Waals surface area contributed by atoms with Crippen molar-refractivity contribution in [3.63, 3.8) is 0 Å². The Morgan fingerprint density at radius 1 is 1.24 bits per heavy atom. The van der Waals surface area contributed by atoms with Gasteiger partial charge in [0.15, 0.2) is 0 Å². The molecule has 0 bridgehead atoms. The van der Waals surface area contributed by atoms with Crippen LogP contribution >= 0.6 is 15.9 Å². The minimum absolute atomic E-state index is 0.125. The molecule has 0 atom stereocenters. The van der Waals surface area contributed by atoms with Gasteiger partial charge in [0.1, 0.15) is 5.82 Å². The van der Waals surface area contributed by atoms with Gasteiger partial charge in [0.2, 0.25) is 0 Å². The maximum atomic E-state index is 13.2. The lowest BCUT2D eigenvalue weighted by molar-refractivity contribution is 0.435. The van der Waals surface area contributed by atoms with Crippen molar-refractivity contribution in [1.29, 1.82) is 0 Å². The average molecular weight is 303 g/mol. The van der Waals surface area contributed by atoms with Crippen LogP contribution in [-0.4, -0.2) is 18.6 Å². The molecule has 0 heterocycles. The van der Waals surface area contributed by atoms with Crippen LogP contribution in [0.2, 0.25) is 0 Å². The Bertz CT molecular complexity index is 386. The standard InChI is InChI=1S/C13H20BrFN2/c1-9-7-11(15)10(14)8-12(9)16-5-6-17-13(2,3)4/h7-8,16-17H,5-6H2,1-4H3. The van der Waals surface area contributed by atoms with E-state index in [1.807, 2.05) is 6.92 Å². The lowest BCUT2D eigenvalue weighted by atomic mass is 10.1. The summed E-state index contributed by atoms with van der Waals surface area (Å²) in [7, 11) is 0. The molecule has 0 saturated carbocycles. The first-order valence-corrected chi connectivity index (χ1v) is 6.53. The molecule has 2 N–H and O–H groups in total. The fourth-order valence-electron chi connectivity index (χ4n) is 1.47. The summed E-state index contributed by atoms with van der Waals surface area (Å²) in [6.45, 7) is 9.98. The third-order valence-electron chi connectivity index (χ3n) is 2.36. The third kappa shape index (κ3) is 5.04. The van der Waals surface area contributed by atoms with Gasteiger partial charge >= 0.3 is 0 Å². The molecule has 0 aliphatic carbocycles. The fourth-order valence-corrected chi connectivity index (χ4v) is 1.81.